The Morgan fingerprint density at radius 3 is 1.90 bits per heavy atom. The largest absolute Gasteiger partial charge is 0.492 e. The van der Waals surface area contributed by atoms with E-state index in [4.69, 9.17) is 14.2 Å². The molecule has 0 saturated heterocycles. The van der Waals surface area contributed by atoms with Crippen molar-refractivity contribution in [2.24, 2.45) is 0 Å². The van der Waals surface area contributed by atoms with E-state index in [9.17, 15) is 4.79 Å². The molecular formula is C47H53NO4. The molecule has 0 bridgehead atoms. The lowest BCUT2D eigenvalue weighted by Crippen LogP contribution is -2.30. The minimum Gasteiger partial charge on any atom is -0.492 e. The van der Waals surface area contributed by atoms with Gasteiger partial charge >= 0.3 is 5.97 Å². The first-order valence-electron chi connectivity index (χ1n) is 19.0. The van der Waals surface area contributed by atoms with E-state index in [1.165, 1.54) is 44.5 Å². The summed E-state index contributed by atoms with van der Waals surface area (Å²) in [6.45, 7) is 5.83. The van der Waals surface area contributed by atoms with Crippen LogP contribution in [0.1, 0.15) is 70.0 Å². The van der Waals surface area contributed by atoms with Crippen molar-refractivity contribution in [3.8, 4) is 5.75 Å². The van der Waals surface area contributed by atoms with E-state index in [1.54, 1.807) is 0 Å². The summed E-state index contributed by atoms with van der Waals surface area (Å²) in [7, 11) is 2.24. The van der Waals surface area contributed by atoms with Gasteiger partial charge in [-0.05, 0) is 122 Å². The molecule has 2 atom stereocenters. The van der Waals surface area contributed by atoms with Crippen LogP contribution in [0.5, 0.6) is 5.75 Å². The molecule has 5 heteroatoms. The smallest absolute Gasteiger partial charge is 0.335 e. The van der Waals surface area contributed by atoms with Crippen molar-refractivity contribution < 1.29 is 19.0 Å². The number of ether oxygens (including phenoxy) is 3. The molecule has 5 aromatic rings. The highest BCUT2D eigenvalue weighted by molar-refractivity contribution is 5.75. The van der Waals surface area contributed by atoms with Crippen molar-refractivity contribution in [3.05, 3.63) is 171 Å². The number of rotatable bonds is 17. The predicted octanol–water partition coefficient (Wildman–Crippen LogP) is 8.97. The van der Waals surface area contributed by atoms with Crippen LogP contribution in [0.3, 0.4) is 0 Å². The van der Waals surface area contributed by atoms with Crippen LogP contribution in [0.25, 0.3) is 0 Å². The highest BCUT2D eigenvalue weighted by Gasteiger charge is 2.28. The fourth-order valence-corrected chi connectivity index (χ4v) is 7.38. The molecule has 0 N–H and O–H groups in total. The average molecular weight is 696 g/mol. The second kappa shape index (κ2) is 18.7. The van der Waals surface area contributed by atoms with Gasteiger partial charge in [0.2, 0.25) is 0 Å². The van der Waals surface area contributed by atoms with Gasteiger partial charge in [0.05, 0.1) is 12.6 Å². The van der Waals surface area contributed by atoms with Crippen LogP contribution in [0, 0.1) is 0 Å². The summed E-state index contributed by atoms with van der Waals surface area (Å²) >= 11 is 0. The van der Waals surface area contributed by atoms with Crippen molar-refractivity contribution >= 4 is 5.97 Å². The molecule has 52 heavy (non-hydrogen) atoms. The SMILES string of the molecule is CCOC(=O)C(Cc1ccc(OCCN(C)C2c3ccc(CCc4ccccc4)cc3CCc3ccc(CCc4ccccc4)cc32)cc1)OCC. The molecular weight excluding hydrogens is 643 g/mol. The third-order valence-corrected chi connectivity index (χ3v) is 10.2. The van der Waals surface area contributed by atoms with Crippen molar-refractivity contribution in [2.45, 2.75) is 70.9 Å². The van der Waals surface area contributed by atoms with Crippen LogP contribution >= 0.6 is 0 Å². The molecule has 6 rings (SSSR count). The lowest BCUT2D eigenvalue weighted by Gasteiger charge is -2.31. The van der Waals surface area contributed by atoms with Gasteiger partial charge in [-0.15, -0.1) is 0 Å². The Bertz CT molecular complexity index is 1850. The zero-order chi connectivity index (χ0) is 36.1. The maximum Gasteiger partial charge on any atom is 0.335 e. The zero-order valence-electron chi connectivity index (χ0n) is 31.1. The summed E-state index contributed by atoms with van der Waals surface area (Å²) in [5.74, 6) is 0.496. The number of carbonyl (C=O) groups excluding carboxylic acids is 1. The van der Waals surface area contributed by atoms with Crippen molar-refractivity contribution in [1.82, 2.24) is 4.90 Å². The van der Waals surface area contributed by atoms with E-state index >= 15 is 0 Å². The van der Waals surface area contributed by atoms with Crippen LogP contribution < -0.4 is 4.74 Å². The van der Waals surface area contributed by atoms with Crippen LogP contribution in [0.4, 0.5) is 0 Å². The second-order valence-electron chi connectivity index (χ2n) is 13.8. The molecule has 0 heterocycles. The number of esters is 1. The number of carbonyl (C=O) groups is 1. The number of fused-ring (bicyclic) bond motifs is 2. The van der Waals surface area contributed by atoms with Crippen LogP contribution in [-0.4, -0.2) is 50.4 Å². The third kappa shape index (κ3) is 9.99. The van der Waals surface area contributed by atoms with Crippen molar-refractivity contribution in [3.63, 3.8) is 0 Å². The molecule has 1 aliphatic rings. The van der Waals surface area contributed by atoms with Crippen molar-refractivity contribution in [2.75, 3.05) is 33.4 Å². The Morgan fingerprint density at radius 1 is 0.654 bits per heavy atom. The molecule has 0 aromatic heterocycles. The molecule has 0 saturated carbocycles. The molecule has 0 spiro atoms. The summed E-state index contributed by atoms with van der Waals surface area (Å²) in [6, 6.07) is 44.1. The quantitative estimate of drug-likeness (QED) is 0.0910. The molecule has 0 amide bonds. The predicted molar refractivity (Wildman–Crippen MR) is 210 cm³/mol. The van der Waals surface area contributed by atoms with E-state index in [0.29, 0.717) is 26.2 Å². The van der Waals surface area contributed by atoms with E-state index < -0.39 is 6.10 Å². The average Bonchev–Trinajstić information content (AvgIpc) is 3.34. The highest BCUT2D eigenvalue weighted by Crippen LogP contribution is 2.37. The van der Waals surface area contributed by atoms with Gasteiger partial charge in [-0.3, -0.25) is 4.90 Å². The molecule has 5 aromatic carbocycles. The summed E-state index contributed by atoms with van der Waals surface area (Å²) in [5.41, 5.74) is 12.3. The summed E-state index contributed by atoms with van der Waals surface area (Å²) in [6.07, 6.45) is 6.08. The van der Waals surface area contributed by atoms with Crippen molar-refractivity contribution in [1.29, 1.82) is 0 Å². The summed E-state index contributed by atoms with van der Waals surface area (Å²) in [4.78, 5) is 14.8. The topological polar surface area (TPSA) is 48.0 Å². The maximum absolute atomic E-state index is 12.3. The van der Waals surface area contributed by atoms with Gasteiger partial charge in [0, 0.05) is 19.6 Å². The van der Waals surface area contributed by atoms with E-state index in [0.717, 1.165) is 56.4 Å². The number of benzene rings is 5. The summed E-state index contributed by atoms with van der Waals surface area (Å²) in [5, 5.41) is 0. The second-order valence-corrected chi connectivity index (χ2v) is 13.8. The van der Waals surface area contributed by atoms with Gasteiger partial charge in [0.1, 0.15) is 12.4 Å². The highest BCUT2D eigenvalue weighted by atomic mass is 16.6. The first-order valence-corrected chi connectivity index (χ1v) is 19.0. The van der Waals surface area contributed by atoms with Crippen LogP contribution in [-0.2, 0) is 59.2 Å². The lowest BCUT2D eigenvalue weighted by atomic mass is 9.90. The van der Waals surface area contributed by atoms with Crippen LogP contribution in [0.2, 0.25) is 0 Å². The lowest BCUT2D eigenvalue weighted by molar-refractivity contribution is -0.156. The zero-order valence-corrected chi connectivity index (χ0v) is 31.1. The normalized spacial score (nSPS) is 14.3. The van der Waals surface area contributed by atoms with Gasteiger partial charge in [-0.1, -0.05) is 109 Å². The fourth-order valence-electron chi connectivity index (χ4n) is 7.38. The number of aryl methyl sites for hydroxylation is 6. The van der Waals surface area contributed by atoms with Gasteiger partial charge in [0.15, 0.2) is 6.10 Å². The number of likely N-dealkylation sites (N-methyl/N-ethyl adjacent to an activating group) is 1. The van der Waals surface area contributed by atoms with E-state index in [1.807, 2.05) is 38.1 Å². The number of hydrogen-bond donors (Lipinski definition) is 0. The molecule has 1 aliphatic carbocycles. The fraction of sp³-hybridized carbons (Fsp3) is 0.340. The van der Waals surface area contributed by atoms with E-state index in [2.05, 4.69) is 109 Å². The van der Waals surface area contributed by atoms with Gasteiger partial charge in [0.25, 0.3) is 0 Å². The minimum atomic E-state index is -0.602. The molecule has 0 fully saturated rings. The Hall–Kier alpha value is -4.71. The van der Waals surface area contributed by atoms with Crippen LogP contribution in [0.15, 0.2) is 121 Å². The van der Waals surface area contributed by atoms with E-state index in [-0.39, 0.29) is 12.0 Å². The monoisotopic (exact) mass is 695 g/mol. The van der Waals surface area contributed by atoms with Gasteiger partial charge < -0.3 is 14.2 Å². The summed E-state index contributed by atoms with van der Waals surface area (Å²) < 4.78 is 17.2. The van der Waals surface area contributed by atoms with Gasteiger partial charge in [-0.25, -0.2) is 4.79 Å². The molecule has 5 nitrogen and oxygen atoms in total. The molecule has 0 radical (unpaired) electrons. The Morgan fingerprint density at radius 2 is 1.25 bits per heavy atom. The minimum absolute atomic E-state index is 0.136. The molecule has 270 valence electrons. The molecule has 2 unspecified atom stereocenters. The number of nitrogens with zero attached hydrogens (tertiary/aromatic N) is 1. The Labute approximate surface area is 310 Å². The number of hydrogen-bond acceptors (Lipinski definition) is 5. The Balaban J connectivity index is 1.18. The first kappa shape index (κ1) is 37.1. The third-order valence-electron chi connectivity index (χ3n) is 10.2. The Kier molecular flexibility index (Phi) is 13.3. The molecule has 0 aliphatic heterocycles. The first-order chi connectivity index (χ1) is 25.5. The van der Waals surface area contributed by atoms with Gasteiger partial charge in [-0.2, -0.15) is 0 Å². The standard InChI is InChI=1S/C47H53NO4/c1-4-50-45(47(49)51-5-2)34-39-21-27-42(28-22-39)52-31-30-48(3)46-43-29-23-37(18-16-35-12-8-6-9-13-35)32-41(43)26-25-40-24-20-38(33-44(40)46)19-17-36-14-10-7-11-15-36/h6-15,20-24,27-29,32-33,45-46H,4-5,16-19,25-26,30-31,34H2,1-3H3. The maximum atomic E-state index is 12.3.